The fourth-order valence-corrected chi connectivity index (χ4v) is 4.86. The molecule has 2 atom stereocenters. The summed E-state index contributed by atoms with van der Waals surface area (Å²) in [5.74, 6) is 0. The lowest BCUT2D eigenvalue weighted by Gasteiger charge is -2.55. The van der Waals surface area contributed by atoms with Crippen molar-refractivity contribution in [3.63, 3.8) is 0 Å². The van der Waals surface area contributed by atoms with E-state index >= 15 is 0 Å². The second kappa shape index (κ2) is 6.08. The molecule has 0 spiro atoms. The van der Waals surface area contributed by atoms with E-state index in [1.54, 1.807) is 13.8 Å². The zero-order valence-electron chi connectivity index (χ0n) is 12.6. The molecule has 21 heavy (non-hydrogen) atoms. The highest BCUT2D eigenvalue weighted by molar-refractivity contribution is 7.98. The largest absolute Gasteiger partial charge is 0.771 e. The molecule has 0 saturated carbocycles. The summed E-state index contributed by atoms with van der Waals surface area (Å²) in [4.78, 5) is 0. The Balaban J connectivity index is 3.77. The molecule has 0 bridgehead atoms. The van der Waals surface area contributed by atoms with Gasteiger partial charge in [0.1, 0.15) is 4.08 Å². The van der Waals surface area contributed by atoms with Gasteiger partial charge in [0.2, 0.25) is 0 Å². The third-order valence-corrected chi connectivity index (χ3v) is 7.89. The number of benzene rings is 1. The molecule has 2 unspecified atom stereocenters. The fourth-order valence-electron chi connectivity index (χ4n) is 2.19. The molecule has 120 valence electrons. The van der Waals surface area contributed by atoms with Crippen molar-refractivity contribution in [1.82, 2.24) is 0 Å². The third kappa shape index (κ3) is 2.97. The first kappa shape index (κ1) is 18.8. The Morgan fingerprint density at radius 1 is 0.905 bits per heavy atom. The van der Waals surface area contributed by atoms with Gasteiger partial charge in [-0.15, -0.1) is 0 Å². The van der Waals surface area contributed by atoms with Gasteiger partial charge in [0, 0.05) is 10.4 Å². The van der Waals surface area contributed by atoms with Crippen LogP contribution in [0, 0.1) is 10.8 Å². The highest BCUT2D eigenvalue weighted by atomic mass is 35.5. The Hall–Kier alpha value is -0.270. The van der Waals surface area contributed by atoms with Crippen LogP contribution < -0.4 is 0 Å². The van der Waals surface area contributed by atoms with E-state index < -0.39 is 37.1 Å². The molecule has 7 heteroatoms. The van der Waals surface area contributed by atoms with Crippen LogP contribution in [0.1, 0.15) is 40.2 Å². The van der Waals surface area contributed by atoms with E-state index in [4.69, 9.17) is 11.6 Å². The summed E-state index contributed by atoms with van der Waals surface area (Å²) >= 11 is 0.0744. The van der Waals surface area contributed by atoms with Crippen LogP contribution in [0.5, 0.6) is 0 Å². The summed E-state index contributed by atoms with van der Waals surface area (Å²) in [7, 11) is 0. The van der Waals surface area contributed by atoms with E-state index in [2.05, 4.69) is 0 Å². The second-order valence-corrected chi connectivity index (χ2v) is 9.33. The van der Waals surface area contributed by atoms with Crippen molar-refractivity contribution in [3.05, 3.63) is 34.9 Å². The first-order valence-electron chi connectivity index (χ1n) is 6.34. The number of halogens is 1. The Labute approximate surface area is 135 Å². The zero-order valence-corrected chi connectivity index (χ0v) is 15.0. The minimum absolute atomic E-state index is 0.188. The second-order valence-electron chi connectivity index (χ2n) is 6.47. The average Bonchev–Trinajstić information content (AvgIpc) is 2.29. The molecule has 0 amide bonds. The van der Waals surface area contributed by atoms with Gasteiger partial charge in [0.15, 0.2) is 0 Å². The van der Waals surface area contributed by atoms with Crippen molar-refractivity contribution < 1.29 is 17.5 Å². The number of hydrogen-bond acceptors (Lipinski definition) is 4. The quantitative estimate of drug-likeness (QED) is 0.780. The van der Waals surface area contributed by atoms with Crippen LogP contribution in [0.2, 0.25) is 5.02 Å². The molecule has 0 heterocycles. The normalized spacial score (nSPS) is 18.9. The molecule has 0 aliphatic rings. The standard InChI is InChI=1S/C14H21ClO4S2/c1-12(2,3)13(4,5)14(20(16)17,21(18)19)10-6-8-11(15)9-7-10/h6-9H,1-5H3,(H,16,17)(H,18,19)/p-2. The summed E-state index contributed by atoms with van der Waals surface area (Å²) in [5.41, 5.74) is -1.46. The fraction of sp³-hybridized carbons (Fsp3) is 0.571. The molecule has 4 nitrogen and oxygen atoms in total. The lowest BCUT2D eigenvalue weighted by molar-refractivity contribution is 0.103. The Morgan fingerprint density at radius 2 is 1.29 bits per heavy atom. The summed E-state index contributed by atoms with van der Waals surface area (Å²) in [6.45, 7) is 8.74. The molecule has 0 saturated heterocycles. The summed E-state index contributed by atoms with van der Waals surface area (Å²) in [6.07, 6.45) is 0. The van der Waals surface area contributed by atoms with Crippen LogP contribution in [-0.2, 0) is 26.2 Å². The zero-order chi connectivity index (χ0) is 16.6. The van der Waals surface area contributed by atoms with Gasteiger partial charge in [-0.1, -0.05) is 58.4 Å². The van der Waals surface area contributed by atoms with Gasteiger partial charge >= 0.3 is 0 Å². The van der Waals surface area contributed by atoms with Gasteiger partial charge in [-0.25, -0.2) is 0 Å². The summed E-state index contributed by atoms with van der Waals surface area (Å²) in [5, 5.41) is 0.412. The van der Waals surface area contributed by atoms with Crippen LogP contribution in [0.3, 0.4) is 0 Å². The van der Waals surface area contributed by atoms with Crippen LogP contribution >= 0.6 is 11.6 Å². The van der Waals surface area contributed by atoms with Gasteiger partial charge in [-0.2, -0.15) is 0 Å². The monoisotopic (exact) mass is 350 g/mol. The minimum atomic E-state index is -2.87. The van der Waals surface area contributed by atoms with Crippen molar-refractivity contribution in [2.45, 2.75) is 38.7 Å². The van der Waals surface area contributed by atoms with Crippen molar-refractivity contribution in [3.8, 4) is 0 Å². The van der Waals surface area contributed by atoms with Gasteiger partial charge < -0.3 is 9.11 Å². The maximum absolute atomic E-state index is 12.0. The Morgan fingerprint density at radius 3 is 1.57 bits per heavy atom. The molecule has 0 N–H and O–H groups in total. The van der Waals surface area contributed by atoms with E-state index in [-0.39, 0.29) is 5.56 Å². The van der Waals surface area contributed by atoms with Crippen LogP contribution in [0.15, 0.2) is 24.3 Å². The smallest absolute Gasteiger partial charge is 0.125 e. The first-order chi connectivity index (χ1) is 9.39. The lowest BCUT2D eigenvalue weighted by atomic mass is 9.65. The number of rotatable bonds is 4. The number of hydrogen-bond donors (Lipinski definition) is 0. The van der Waals surface area contributed by atoms with E-state index in [1.807, 2.05) is 20.8 Å². The minimum Gasteiger partial charge on any atom is -0.771 e. The summed E-state index contributed by atoms with van der Waals surface area (Å²) < 4.78 is 46.0. The predicted molar refractivity (Wildman–Crippen MR) is 84.2 cm³/mol. The van der Waals surface area contributed by atoms with Gasteiger partial charge in [-0.3, -0.25) is 8.42 Å². The third-order valence-electron chi connectivity index (χ3n) is 4.39. The van der Waals surface area contributed by atoms with E-state index in [0.717, 1.165) is 0 Å². The predicted octanol–water partition coefficient (Wildman–Crippen LogP) is 3.32. The van der Waals surface area contributed by atoms with Crippen molar-refractivity contribution >= 4 is 33.8 Å². The van der Waals surface area contributed by atoms with Crippen molar-refractivity contribution in [2.75, 3.05) is 0 Å². The molecule has 0 aliphatic heterocycles. The van der Waals surface area contributed by atoms with Gasteiger partial charge in [-0.05, 0) is 45.3 Å². The average molecular weight is 351 g/mol. The molecule has 0 fully saturated rings. The Kier molecular flexibility index (Phi) is 5.44. The molecular weight excluding hydrogens is 332 g/mol. The maximum atomic E-state index is 12.0. The molecule has 0 aliphatic carbocycles. The maximum Gasteiger partial charge on any atom is 0.125 e. The van der Waals surface area contributed by atoms with Gasteiger partial charge in [0.05, 0.1) is 0 Å². The van der Waals surface area contributed by atoms with Gasteiger partial charge in [0.25, 0.3) is 0 Å². The summed E-state index contributed by atoms with van der Waals surface area (Å²) in [6, 6.07) is 5.87. The van der Waals surface area contributed by atoms with Crippen molar-refractivity contribution in [1.29, 1.82) is 0 Å². The SMILES string of the molecule is CC(C)(C)C(C)(C)C(c1ccc(Cl)cc1)(S(=O)[O-])S(=O)[O-]. The molecule has 0 aromatic heterocycles. The lowest BCUT2D eigenvalue weighted by Crippen LogP contribution is -2.54. The molecule has 1 rings (SSSR count). The highest BCUT2D eigenvalue weighted by Crippen LogP contribution is 2.55. The van der Waals surface area contributed by atoms with E-state index in [9.17, 15) is 17.5 Å². The first-order valence-corrected chi connectivity index (χ1v) is 8.86. The molecule has 1 aromatic carbocycles. The van der Waals surface area contributed by atoms with Crippen molar-refractivity contribution in [2.24, 2.45) is 10.8 Å². The topological polar surface area (TPSA) is 80.3 Å². The Bertz CT molecular complexity index is 547. The molecule has 1 aromatic rings. The van der Waals surface area contributed by atoms with E-state index in [0.29, 0.717) is 5.02 Å². The molecule has 0 radical (unpaired) electrons. The molecular formula is C14H19ClO4S2-2. The highest BCUT2D eigenvalue weighted by Gasteiger charge is 2.55. The van der Waals surface area contributed by atoms with Crippen LogP contribution in [0.25, 0.3) is 0 Å². The van der Waals surface area contributed by atoms with Crippen LogP contribution in [-0.4, -0.2) is 17.5 Å². The van der Waals surface area contributed by atoms with E-state index in [1.165, 1.54) is 24.3 Å². The van der Waals surface area contributed by atoms with Crippen LogP contribution in [0.4, 0.5) is 0 Å².